The van der Waals surface area contributed by atoms with Gasteiger partial charge in [-0.3, -0.25) is 9.59 Å². The number of ether oxygens (including phenoxy) is 4. The average Bonchev–Trinajstić information content (AvgIpc) is 3.55. The fourth-order valence-electron chi connectivity index (χ4n) is 4.55. The summed E-state index contributed by atoms with van der Waals surface area (Å²) in [5, 5.41) is 0. The van der Waals surface area contributed by atoms with E-state index in [1.165, 1.54) is 11.1 Å². The van der Waals surface area contributed by atoms with Crippen molar-refractivity contribution in [1.29, 1.82) is 0 Å². The van der Waals surface area contributed by atoms with Gasteiger partial charge in [-0.1, -0.05) is 47.6 Å². The van der Waals surface area contributed by atoms with Crippen LogP contribution in [0.25, 0.3) is 0 Å². The normalized spacial score (nSPS) is 30.2. The summed E-state index contributed by atoms with van der Waals surface area (Å²) in [5.74, 6) is -0.137. The molecule has 0 radical (unpaired) electrons. The molecule has 0 fully saturated rings. The SMILES string of the molecule is CC(COC(=O)C1C=C2C=CC1C2)OCC(C)OCC(C)OC(=O)C1C=C2C=CC1C2. The van der Waals surface area contributed by atoms with Crippen molar-refractivity contribution in [3.63, 3.8) is 0 Å². The van der Waals surface area contributed by atoms with Gasteiger partial charge in [0.15, 0.2) is 0 Å². The van der Waals surface area contributed by atoms with Crippen LogP contribution in [0.15, 0.2) is 47.6 Å². The topological polar surface area (TPSA) is 71.1 Å². The van der Waals surface area contributed by atoms with E-state index in [-0.39, 0.29) is 60.5 Å². The number of hydrogen-bond donors (Lipinski definition) is 0. The van der Waals surface area contributed by atoms with Gasteiger partial charge in [0.25, 0.3) is 0 Å². The Morgan fingerprint density at radius 1 is 0.806 bits per heavy atom. The van der Waals surface area contributed by atoms with Gasteiger partial charge in [-0.15, -0.1) is 0 Å². The molecule has 4 rings (SSSR count). The molecule has 6 nitrogen and oxygen atoms in total. The molecule has 0 heterocycles. The number of esters is 2. The minimum absolute atomic E-state index is 0.148. The molecule has 0 spiro atoms. The molecule has 0 aromatic carbocycles. The summed E-state index contributed by atoms with van der Waals surface area (Å²) in [5.41, 5.74) is 2.46. The van der Waals surface area contributed by atoms with Crippen LogP contribution >= 0.6 is 0 Å². The Balaban J connectivity index is 1.07. The van der Waals surface area contributed by atoms with Crippen LogP contribution in [0.2, 0.25) is 0 Å². The van der Waals surface area contributed by atoms with E-state index in [0.29, 0.717) is 13.2 Å². The van der Waals surface area contributed by atoms with Gasteiger partial charge in [-0.05, 0) is 45.4 Å². The monoisotopic (exact) mass is 428 g/mol. The van der Waals surface area contributed by atoms with E-state index in [1.807, 2.05) is 32.9 Å². The molecule has 0 aromatic rings. The predicted octanol–water partition coefficient (Wildman–Crippen LogP) is 3.54. The fourth-order valence-corrected chi connectivity index (χ4v) is 4.55. The van der Waals surface area contributed by atoms with E-state index in [2.05, 4.69) is 24.3 Å². The molecule has 4 bridgehead atoms. The summed E-state index contributed by atoms with van der Waals surface area (Å²) in [7, 11) is 0. The predicted molar refractivity (Wildman–Crippen MR) is 115 cm³/mol. The number of carbonyl (C=O) groups is 2. The highest BCUT2D eigenvalue weighted by Crippen LogP contribution is 2.39. The lowest BCUT2D eigenvalue weighted by molar-refractivity contribution is -0.158. The molecule has 0 amide bonds. The van der Waals surface area contributed by atoms with Gasteiger partial charge in [0.1, 0.15) is 12.7 Å². The summed E-state index contributed by atoms with van der Waals surface area (Å²) in [6.45, 7) is 6.54. The smallest absolute Gasteiger partial charge is 0.313 e. The molecule has 6 heteroatoms. The lowest BCUT2D eigenvalue weighted by atomic mass is 9.96. The summed E-state index contributed by atoms with van der Waals surface area (Å²) in [4.78, 5) is 24.6. The summed E-state index contributed by atoms with van der Waals surface area (Å²) in [6.07, 6.45) is 13.6. The quantitative estimate of drug-likeness (QED) is 0.469. The maximum atomic E-state index is 12.3. The molecule has 0 aromatic heterocycles. The van der Waals surface area contributed by atoms with Crippen molar-refractivity contribution in [2.75, 3.05) is 19.8 Å². The summed E-state index contributed by atoms with van der Waals surface area (Å²) >= 11 is 0. The van der Waals surface area contributed by atoms with Gasteiger partial charge < -0.3 is 18.9 Å². The maximum absolute atomic E-state index is 12.3. The minimum atomic E-state index is -0.320. The van der Waals surface area contributed by atoms with Crippen LogP contribution in [-0.4, -0.2) is 50.1 Å². The molecule has 0 aliphatic heterocycles. The molecule has 31 heavy (non-hydrogen) atoms. The zero-order chi connectivity index (χ0) is 22.0. The second-order valence-corrected chi connectivity index (χ2v) is 9.15. The van der Waals surface area contributed by atoms with Crippen molar-refractivity contribution in [1.82, 2.24) is 0 Å². The lowest BCUT2D eigenvalue weighted by Gasteiger charge is -2.22. The largest absolute Gasteiger partial charge is 0.462 e. The molecular weight excluding hydrogens is 396 g/mol. The lowest BCUT2D eigenvalue weighted by Crippen LogP contribution is -2.30. The second kappa shape index (κ2) is 9.53. The van der Waals surface area contributed by atoms with Crippen LogP contribution in [0.3, 0.4) is 0 Å². The van der Waals surface area contributed by atoms with Gasteiger partial charge in [-0.2, -0.15) is 0 Å². The number of allylic oxidation sites excluding steroid dienone is 6. The van der Waals surface area contributed by atoms with Crippen molar-refractivity contribution in [2.45, 2.75) is 51.9 Å². The van der Waals surface area contributed by atoms with E-state index in [4.69, 9.17) is 18.9 Å². The molecule has 7 atom stereocenters. The van der Waals surface area contributed by atoms with Crippen LogP contribution in [-0.2, 0) is 28.5 Å². The fraction of sp³-hybridized carbons (Fsp3) is 0.600. The number of fused-ring (bicyclic) bond motifs is 4. The zero-order valence-corrected chi connectivity index (χ0v) is 18.5. The first kappa shape index (κ1) is 22.0. The molecule has 7 unspecified atom stereocenters. The van der Waals surface area contributed by atoms with Crippen LogP contribution < -0.4 is 0 Å². The highest BCUT2D eigenvalue weighted by Gasteiger charge is 2.36. The van der Waals surface area contributed by atoms with Crippen LogP contribution in [0.1, 0.15) is 33.6 Å². The number of hydrogen-bond acceptors (Lipinski definition) is 6. The van der Waals surface area contributed by atoms with E-state index in [0.717, 1.165) is 12.8 Å². The highest BCUT2D eigenvalue weighted by atomic mass is 16.6. The van der Waals surface area contributed by atoms with Gasteiger partial charge in [0.05, 0.1) is 37.3 Å². The molecule has 4 aliphatic carbocycles. The van der Waals surface area contributed by atoms with Gasteiger partial charge >= 0.3 is 11.9 Å². The molecule has 0 saturated carbocycles. The van der Waals surface area contributed by atoms with E-state index < -0.39 is 0 Å². The first-order chi connectivity index (χ1) is 14.9. The van der Waals surface area contributed by atoms with Crippen molar-refractivity contribution < 1.29 is 28.5 Å². The van der Waals surface area contributed by atoms with Crippen molar-refractivity contribution in [3.05, 3.63) is 47.6 Å². The van der Waals surface area contributed by atoms with E-state index in [9.17, 15) is 9.59 Å². The van der Waals surface area contributed by atoms with Crippen LogP contribution in [0, 0.1) is 23.7 Å². The van der Waals surface area contributed by atoms with Gasteiger partial charge in [-0.25, -0.2) is 0 Å². The number of rotatable bonds is 11. The van der Waals surface area contributed by atoms with Crippen molar-refractivity contribution >= 4 is 11.9 Å². The first-order valence-electron chi connectivity index (χ1n) is 11.3. The Morgan fingerprint density at radius 2 is 1.32 bits per heavy atom. The Morgan fingerprint density at radius 3 is 1.84 bits per heavy atom. The first-order valence-corrected chi connectivity index (χ1v) is 11.3. The standard InChI is InChI=1S/C25H32O6/c1-15(29-14-17(3)31-25(27)23-11-19-5-7-21(23)9-19)12-28-16(2)13-30-24(26)22-10-18-4-6-20(22)8-18/h4-7,10-11,15-17,20-23H,8-9,12-14H2,1-3H3. The minimum Gasteiger partial charge on any atom is -0.462 e. The molecule has 168 valence electrons. The Bertz CT molecular complexity index is 822. The Labute approximate surface area is 183 Å². The highest BCUT2D eigenvalue weighted by molar-refractivity contribution is 5.78. The Hall–Kier alpha value is -2.18. The van der Waals surface area contributed by atoms with Gasteiger partial charge in [0, 0.05) is 0 Å². The zero-order valence-electron chi connectivity index (χ0n) is 18.5. The van der Waals surface area contributed by atoms with E-state index >= 15 is 0 Å². The van der Waals surface area contributed by atoms with Gasteiger partial charge in [0.2, 0.25) is 0 Å². The van der Waals surface area contributed by atoms with Crippen molar-refractivity contribution in [3.8, 4) is 0 Å². The third kappa shape index (κ3) is 5.36. The summed E-state index contributed by atoms with van der Waals surface area (Å²) in [6, 6.07) is 0. The van der Waals surface area contributed by atoms with E-state index in [1.54, 1.807) is 0 Å². The molecule has 0 N–H and O–H groups in total. The molecule has 0 saturated heterocycles. The molecular formula is C25H32O6. The van der Waals surface area contributed by atoms with Crippen LogP contribution in [0.5, 0.6) is 0 Å². The number of carbonyl (C=O) groups excluding carboxylic acids is 2. The Kier molecular flexibility index (Phi) is 6.77. The third-order valence-corrected chi connectivity index (χ3v) is 6.32. The van der Waals surface area contributed by atoms with Crippen molar-refractivity contribution in [2.24, 2.45) is 23.7 Å². The summed E-state index contributed by atoms with van der Waals surface area (Å²) < 4.78 is 22.5. The maximum Gasteiger partial charge on any atom is 0.313 e. The van der Waals surface area contributed by atoms with Crippen LogP contribution in [0.4, 0.5) is 0 Å². The third-order valence-electron chi connectivity index (χ3n) is 6.32. The average molecular weight is 429 g/mol. The molecule has 4 aliphatic rings. The second-order valence-electron chi connectivity index (χ2n) is 9.15.